The second-order valence-electron chi connectivity index (χ2n) is 6.01. The molecule has 3 aromatic rings. The molecule has 0 radical (unpaired) electrons. The zero-order valence-corrected chi connectivity index (χ0v) is 16.0. The van der Waals surface area contributed by atoms with Crippen LogP contribution in [0.4, 0.5) is 11.4 Å². The molecule has 2 aromatic heterocycles. The number of nitrogens with one attached hydrogen (secondary N) is 1. The number of pyridine rings is 1. The molecule has 1 aromatic carbocycles. The molecule has 0 bridgehead atoms. The summed E-state index contributed by atoms with van der Waals surface area (Å²) >= 11 is 6.10. The van der Waals surface area contributed by atoms with E-state index in [0.29, 0.717) is 22.8 Å². The lowest BCUT2D eigenvalue weighted by Crippen LogP contribution is -2.21. The minimum atomic E-state index is -0.188. The maximum atomic E-state index is 12.9. The highest BCUT2D eigenvalue weighted by Crippen LogP contribution is 2.21. The molecule has 0 unspecified atom stereocenters. The second-order valence-corrected chi connectivity index (χ2v) is 6.45. The Morgan fingerprint density at radius 1 is 1.12 bits per heavy atom. The highest BCUT2D eigenvalue weighted by Gasteiger charge is 2.18. The number of aromatic nitrogens is 2. The number of fused-ring (bicyclic) bond motifs is 1. The standard InChI is InChI=1S/C20H23ClN4O/c1-4-17-19(25-13-14(21)7-12-18(25)23-17)20(26)22-15-8-10-16(11-9-15)24(5-2)6-3/h7-13H,4-6H2,1-3H3,(H,22,26). The van der Waals surface area contributed by atoms with Gasteiger partial charge in [-0.3, -0.25) is 9.20 Å². The number of hydrogen-bond donors (Lipinski definition) is 1. The van der Waals surface area contributed by atoms with Crippen molar-refractivity contribution < 1.29 is 4.79 Å². The van der Waals surface area contributed by atoms with Crippen molar-refractivity contribution in [1.82, 2.24) is 9.38 Å². The first-order valence-corrected chi connectivity index (χ1v) is 9.28. The number of rotatable bonds is 6. The molecule has 0 aliphatic rings. The van der Waals surface area contributed by atoms with E-state index in [9.17, 15) is 4.79 Å². The third-order valence-electron chi connectivity index (χ3n) is 4.46. The van der Waals surface area contributed by atoms with Crippen LogP contribution in [-0.4, -0.2) is 28.4 Å². The van der Waals surface area contributed by atoms with Crippen LogP contribution in [0.15, 0.2) is 42.6 Å². The number of carbonyl (C=O) groups excluding carboxylic acids is 1. The predicted molar refractivity (Wildman–Crippen MR) is 108 cm³/mol. The highest BCUT2D eigenvalue weighted by atomic mass is 35.5. The lowest BCUT2D eigenvalue weighted by atomic mass is 10.2. The first-order valence-electron chi connectivity index (χ1n) is 8.90. The Kier molecular flexibility index (Phi) is 5.47. The molecule has 5 nitrogen and oxygen atoms in total. The molecule has 6 heteroatoms. The number of benzene rings is 1. The summed E-state index contributed by atoms with van der Waals surface area (Å²) in [6.45, 7) is 8.14. The zero-order chi connectivity index (χ0) is 18.7. The normalized spacial score (nSPS) is 10.9. The first-order chi connectivity index (χ1) is 12.6. The van der Waals surface area contributed by atoms with E-state index in [1.54, 1.807) is 16.7 Å². The number of nitrogens with zero attached hydrogens (tertiary/aromatic N) is 3. The van der Waals surface area contributed by atoms with E-state index in [1.807, 2.05) is 37.3 Å². The summed E-state index contributed by atoms with van der Waals surface area (Å²) in [6.07, 6.45) is 2.39. The smallest absolute Gasteiger partial charge is 0.274 e. The van der Waals surface area contributed by atoms with Gasteiger partial charge in [-0.15, -0.1) is 0 Å². The topological polar surface area (TPSA) is 49.6 Å². The molecule has 0 aliphatic heterocycles. The van der Waals surface area contributed by atoms with Crippen LogP contribution in [0.2, 0.25) is 5.02 Å². The van der Waals surface area contributed by atoms with Gasteiger partial charge in [0, 0.05) is 30.7 Å². The van der Waals surface area contributed by atoms with Crippen molar-refractivity contribution in [3.05, 3.63) is 59.0 Å². The van der Waals surface area contributed by atoms with Crippen LogP contribution in [0, 0.1) is 0 Å². The van der Waals surface area contributed by atoms with Crippen LogP contribution in [0.5, 0.6) is 0 Å². The average Bonchev–Trinajstić information content (AvgIpc) is 3.02. The summed E-state index contributed by atoms with van der Waals surface area (Å²) in [5.41, 5.74) is 3.89. The number of hydrogen-bond acceptors (Lipinski definition) is 3. The number of aryl methyl sites for hydroxylation is 1. The van der Waals surface area contributed by atoms with Gasteiger partial charge in [0.05, 0.1) is 10.7 Å². The highest BCUT2D eigenvalue weighted by molar-refractivity contribution is 6.30. The van der Waals surface area contributed by atoms with E-state index in [1.165, 1.54) is 0 Å². The molecule has 2 heterocycles. The van der Waals surface area contributed by atoms with Crippen LogP contribution >= 0.6 is 11.6 Å². The van der Waals surface area contributed by atoms with Gasteiger partial charge in [0.25, 0.3) is 5.91 Å². The number of amides is 1. The van der Waals surface area contributed by atoms with Crippen LogP contribution in [0.3, 0.4) is 0 Å². The number of imidazole rings is 1. The van der Waals surface area contributed by atoms with E-state index in [2.05, 4.69) is 29.0 Å². The lowest BCUT2D eigenvalue weighted by Gasteiger charge is -2.21. The molecule has 1 N–H and O–H groups in total. The Bertz CT molecular complexity index is 913. The van der Waals surface area contributed by atoms with Gasteiger partial charge in [0.2, 0.25) is 0 Å². The fourth-order valence-electron chi connectivity index (χ4n) is 3.09. The van der Waals surface area contributed by atoms with E-state index < -0.39 is 0 Å². The number of anilines is 2. The minimum absolute atomic E-state index is 0.188. The van der Waals surface area contributed by atoms with Gasteiger partial charge in [0.1, 0.15) is 11.3 Å². The van der Waals surface area contributed by atoms with E-state index in [4.69, 9.17) is 11.6 Å². The lowest BCUT2D eigenvalue weighted by molar-refractivity contribution is 0.102. The van der Waals surface area contributed by atoms with Crippen molar-refractivity contribution in [2.24, 2.45) is 0 Å². The molecule has 3 rings (SSSR count). The molecule has 0 fully saturated rings. The molecule has 0 atom stereocenters. The Labute approximate surface area is 158 Å². The monoisotopic (exact) mass is 370 g/mol. The quantitative estimate of drug-likeness (QED) is 0.687. The Hall–Kier alpha value is -2.53. The minimum Gasteiger partial charge on any atom is -0.372 e. The van der Waals surface area contributed by atoms with Crippen molar-refractivity contribution in [2.45, 2.75) is 27.2 Å². The third kappa shape index (κ3) is 3.53. The van der Waals surface area contributed by atoms with Gasteiger partial charge in [0.15, 0.2) is 0 Å². The number of carbonyl (C=O) groups is 1. The van der Waals surface area contributed by atoms with Crippen molar-refractivity contribution in [3.8, 4) is 0 Å². The van der Waals surface area contributed by atoms with E-state index >= 15 is 0 Å². The molecule has 136 valence electrons. The van der Waals surface area contributed by atoms with Gasteiger partial charge in [-0.05, 0) is 56.7 Å². The van der Waals surface area contributed by atoms with E-state index in [-0.39, 0.29) is 5.91 Å². The van der Waals surface area contributed by atoms with Gasteiger partial charge in [-0.25, -0.2) is 4.98 Å². The average molecular weight is 371 g/mol. The maximum Gasteiger partial charge on any atom is 0.274 e. The van der Waals surface area contributed by atoms with Crippen LogP contribution in [-0.2, 0) is 6.42 Å². The van der Waals surface area contributed by atoms with Gasteiger partial charge < -0.3 is 10.2 Å². The summed E-state index contributed by atoms with van der Waals surface area (Å²) in [5.74, 6) is -0.188. The van der Waals surface area contributed by atoms with Crippen molar-refractivity contribution in [2.75, 3.05) is 23.3 Å². The molecular formula is C20H23ClN4O. The SMILES string of the molecule is CCc1nc2ccc(Cl)cn2c1C(=O)Nc1ccc(N(CC)CC)cc1. The van der Waals surface area contributed by atoms with Crippen LogP contribution in [0.1, 0.15) is 37.0 Å². The third-order valence-corrected chi connectivity index (χ3v) is 4.68. The summed E-state index contributed by atoms with van der Waals surface area (Å²) < 4.78 is 1.75. The van der Waals surface area contributed by atoms with Gasteiger partial charge >= 0.3 is 0 Å². The fourth-order valence-corrected chi connectivity index (χ4v) is 3.25. The first kappa shape index (κ1) is 18.3. The molecule has 0 saturated heterocycles. The number of halogens is 1. The fraction of sp³-hybridized carbons (Fsp3) is 0.300. The molecular weight excluding hydrogens is 348 g/mol. The Balaban J connectivity index is 1.88. The van der Waals surface area contributed by atoms with Crippen LogP contribution < -0.4 is 10.2 Å². The summed E-state index contributed by atoms with van der Waals surface area (Å²) in [5, 5.41) is 3.54. The summed E-state index contributed by atoms with van der Waals surface area (Å²) in [7, 11) is 0. The van der Waals surface area contributed by atoms with Gasteiger partial charge in [-0.1, -0.05) is 18.5 Å². The molecule has 26 heavy (non-hydrogen) atoms. The molecule has 1 amide bonds. The maximum absolute atomic E-state index is 12.9. The van der Waals surface area contributed by atoms with E-state index in [0.717, 1.165) is 30.2 Å². The molecule has 0 saturated carbocycles. The predicted octanol–water partition coefficient (Wildman–Crippen LogP) is 4.65. The zero-order valence-electron chi connectivity index (χ0n) is 15.3. The second kappa shape index (κ2) is 7.79. The van der Waals surface area contributed by atoms with Gasteiger partial charge in [-0.2, -0.15) is 0 Å². The van der Waals surface area contributed by atoms with Crippen molar-refractivity contribution in [1.29, 1.82) is 0 Å². The van der Waals surface area contributed by atoms with Crippen molar-refractivity contribution in [3.63, 3.8) is 0 Å². The Morgan fingerprint density at radius 3 is 2.42 bits per heavy atom. The molecule has 0 spiro atoms. The van der Waals surface area contributed by atoms with Crippen LogP contribution in [0.25, 0.3) is 5.65 Å². The Morgan fingerprint density at radius 2 is 1.81 bits per heavy atom. The largest absolute Gasteiger partial charge is 0.372 e. The van der Waals surface area contributed by atoms with Crippen molar-refractivity contribution >= 4 is 34.5 Å². The summed E-state index contributed by atoms with van der Waals surface area (Å²) in [4.78, 5) is 19.7. The molecule has 0 aliphatic carbocycles. The summed E-state index contributed by atoms with van der Waals surface area (Å²) in [6, 6.07) is 11.5.